The predicted octanol–water partition coefficient (Wildman–Crippen LogP) is 3.84. The van der Waals surface area contributed by atoms with E-state index in [2.05, 4.69) is 11.8 Å². The minimum absolute atomic E-state index is 0.154. The van der Waals surface area contributed by atoms with Crippen molar-refractivity contribution in [3.63, 3.8) is 0 Å². The molecule has 6 nitrogen and oxygen atoms in total. The van der Waals surface area contributed by atoms with E-state index < -0.39 is 9.84 Å². The Kier molecular flexibility index (Phi) is 4.70. The summed E-state index contributed by atoms with van der Waals surface area (Å²) >= 11 is 0. The molecule has 1 aliphatic rings. The van der Waals surface area contributed by atoms with E-state index in [4.69, 9.17) is 4.42 Å². The average Bonchev–Trinajstić information content (AvgIpc) is 3.24. The van der Waals surface area contributed by atoms with Crippen molar-refractivity contribution in [1.29, 1.82) is 0 Å². The van der Waals surface area contributed by atoms with Gasteiger partial charge < -0.3 is 14.2 Å². The zero-order valence-corrected chi connectivity index (χ0v) is 17.3. The van der Waals surface area contributed by atoms with Crippen molar-refractivity contribution in [3.05, 3.63) is 66.6 Å². The number of fused-ring (bicyclic) bond motifs is 1. The van der Waals surface area contributed by atoms with Crippen molar-refractivity contribution in [2.24, 2.45) is 0 Å². The smallest absolute Gasteiger partial charge is 0.294 e. The fraction of sp³-hybridized carbons (Fsp3) is 0.227. The first-order valence-corrected chi connectivity index (χ1v) is 11.2. The van der Waals surface area contributed by atoms with Gasteiger partial charge in [-0.15, -0.1) is 0 Å². The van der Waals surface area contributed by atoms with E-state index in [0.29, 0.717) is 12.3 Å². The highest BCUT2D eigenvalue weighted by Gasteiger charge is 2.31. The van der Waals surface area contributed by atoms with Crippen molar-refractivity contribution in [2.75, 3.05) is 29.6 Å². The Hall–Kier alpha value is -3.06. The Morgan fingerprint density at radius 1 is 1.03 bits per heavy atom. The summed E-state index contributed by atoms with van der Waals surface area (Å²) in [4.78, 5) is 17.2. The molecular formula is C22H22N2O4S. The molecule has 3 aromatic rings. The zero-order valence-electron chi connectivity index (χ0n) is 16.5. The Labute approximate surface area is 170 Å². The van der Waals surface area contributed by atoms with Crippen LogP contribution in [0.15, 0.2) is 70.2 Å². The summed E-state index contributed by atoms with van der Waals surface area (Å²) in [6.07, 6.45) is 2.68. The van der Waals surface area contributed by atoms with Gasteiger partial charge in [-0.1, -0.05) is 18.2 Å². The van der Waals surface area contributed by atoms with Crippen LogP contribution in [-0.4, -0.2) is 40.2 Å². The summed E-state index contributed by atoms with van der Waals surface area (Å²) < 4.78 is 28.7. The molecule has 0 radical (unpaired) electrons. The minimum Gasteiger partial charge on any atom is -0.459 e. The SMILES string of the molecule is CC1CN(C(=O)c2ccco2)c2cc(-c3ccc(S(C)(=O)=O)cc3)ccc2N1C. The summed E-state index contributed by atoms with van der Waals surface area (Å²) in [6.45, 7) is 2.61. The number of likely N-dealkylation sites (N-methyl/N-ethyl adjacent to an activating group) is 1. The molecule has 1 amide bonds. The third-order valence-electron chi connectivity index (χ3n) is 5.35. The average molecular weight is 410 g/mol. The molecule has 29 heavy (non-hydrogen) atoms. The van der Waals surface area contributed by atoms with Crippen LogP contribution in [0.25, 0.3) is 11.1 Å². The Bertz CT molecular complexity index is 1150. The lowest BCUT2D eigenvalue weighted by atomic mass is 10.0. The molecule has 0 saturated heterocycles. The van der Waals surface area contributed by atoms with Gasteiger partial charge in [0.05, 0.1) is 22.5 Å². The summed E-state index contributed by atoms with van der Waals surface area (Å²) in [5.74, 6) is 0.122. The van der Waals surface area contributed by atoms with E-state index in [1.807, 2.05) is 25.2 Å². The standard InChI is InChI=1S/C22H22N2O4S/c1-15-14-24(22(25)21-5-4-12-28-21)20-13-17(8-11-19(20)23(15)2)16-6-9-18(10-7-16)29(3,26)27/h4-13,15H,14H2,1-3H3. The second-order valence-electron chi connectivity index (χ2n) is 7.35. The van der Waals surface area contributed by atoms with E-state index in [1.54, 1.807) is 41.3 Å². The number of amides is 1. The molecule has 7 heteroatoms. The molecule has 1 unspecified atom stereocenters. The molecule has 1 aliphatic heterocycles. The van der Waals surface area contributed by atoms with Crippen molar-refractivity contribution in [2.45, 2.75) is 17.9 Å². The van der Waals surface area contributed by atoms with Crippen LogP contribution in [0.2, 0.25) is 0 Å². The second kappa shape index (κ2) is 7.08. The van der Waals surface area contributed by atoms with Crippen LogP contribution in [0, 0.1) is 0 Å². The summed E-state index contributed by atoms with van der Waals surface area (Å²) in [6, 6.07) is 16.2. The van der Waals surface area contributed by atoms with Gasteiger partial charge >= 0.3 is 0 Å². The van der Waals surface area contributed by atoms with Crippen molar-refractivity contribution >= 4 is 27.1 Å². The number of carbonyl (C=O) groups is 1. The third-order valence-corrected chi connectivity index (χ3v) is 6.48. The Morgan fingerprint density at radius 3 is 2.34 bits per heavy atom. The largest absolute Gasteiger partial charge is 0.459 e. The summed E-state index contributed by atoms with van der Waals surface area (Å²) in [5, 5.41) is 0. The molecule has 4 rings (SSSR count). The maximum absolute atomic E-state index is 13.0. The fourth-order valence-corrected chi connectivity index (χ4v) is 4.19. The van der Waals surface area contributed by atoms with Crippen molar-refractivity contribution in [1.82, 2.24) is 0 Å². The normalized spacial score (nSPS) is 16.6. The van der Waals surface area contributed by atoms with E-state index in [0.717, 1.165) is 22.5 Å². The van der Waals surface area contributed by atoms with E-state index >= 15 is 0 Å². The van der Waals surface area contributed by atoms with Crippen LogP contribution in [-0.2, 0) is 9.84 Å². The van der Waals surface area contributed by atoms with Crippen LogP contribution in [0.4, 0.5) is 11.4 Å². The second-order valence-corrected chi connectivity index (χ2v) is 9.37. The van der Waals surface area contributed by atoms with Gasteiger partial charge in [0.15, 0.2) is 15.6 Å². The van der Waals surface area contributed by atoms with Crippen molar-refractivity contribution < 1.29 is 17.6 Å². The minimum atomic E-state index is -3.24. The molecule has 0 saturated carbocycles. The fourth-order valence-electron chi connectivity index (χ4n) is 3.56. The molecule has 1 aromatic heterocycles. The van der Waals surface area contributed by atoms with Gasteiger partial charge in [-0.25, -0.2) is 8.42 Å². The highest BCUT2D eigenvalue weighted by molar-refractivity contribution is 7.90. The number of nitrogens with zero attached hydrogens (tertiary/aromatic N) is 2. The van der Waals surface area contributed by atoms with Gasteiger partial charge in [-0.2, -0.15) is 0 Å². The van der Waals surface area contributed by atoms with Crippen LogP contribution in [0.3, 0.4) is 0 Å². The van der Waals surface area contributed by atoms with Crippen molar-refractivity contribution in [3.8, 4) is 11.1 Å². The van der Waals surface area contributed by atoms with Crippen LogP contribution in [0.5, 0.6) is 0 Å². The van der Waals surface area contributed by atoms with Gasteiger partial charge in [0.2, 0.25) is 0 Å². The summed E-state index contributed by atoms with van der Waals surface area (Å²) in [7, 11) is -1.23. The number of hydrogen-bond donors (Lipinski definition) is 0. The maximum Gasteiger partial charge on any atom is 0.294 e. The molecule has 2 aromatic carbocycles. The first-order chi connectivity index (χ1) is 13.8. The number of anilines is 2. The molecule has 150 valence electrons. The third kappa shape index (κ3) is 3.53. The quantitative estimate of drug-likeness (QED) is 0.656. The number of hydrogen-bond acceptors (Lipinski definition) is 5. The summed E-state index contributed by atoms with van der Waals surface area (Å²) in [5.41, 5.74) is 3.55. The lowest BCUT2D eigenvalue weighted by Gasteiger charge is -2.40. The topological polar surface area (TPSA) is 70.8 Å². The van der Waals surface area contributed by atoms with E-state index in [1.165, 1.54) is 12.5 Å². The van der Waals surface area contributed by atoms with Gasteiger partial charge in [0, 0.05) is 25.9 Å². The maximum atomic E-state index is 13.0. The van der Waals surface area contributed by atoms with Gasteiger partial charge in [0.25, 0.3) is 5.91 Å². The number of sulfone groups is 1. The lowest BCUT2D eigenvalue weighted by molar-refractivity contribution is 0.0957. The highest BCUT2D eigenvalue weighted by Crippen LogP contribution is 2.38. The Balaban J connectivity index is 1.77. The van der Waals surface area contributed by atoms with E-state index in [-0.39, 0.29) is 16.8 Å². The molecule has 0 bridgehead atoms. The molecule has 0 aliphatic carbocycles. The molecule has 1 atom stereocenters. The monoisotopic (exact) mass is 410 g/mol. The Morgan fingerprint density at radius 2 is 1.72 bits per heavy atom. The highest BCUT2D eigenvalue weighted by atomic mass is 32.2. The lowest BCUT2D eigenvalue weighted by Crippen LogP contribution is -2.48. The van der Waals surface area contributed by atoms with Crippen LogP contribution in [0.1, 0.15) is 17.5 Å². The first-order valence-electron chi connectivity index (χ1n) is 9.28. The number of furan rings is 1. The van der Waals surface area contributed by atoms with Crippen LogP contribution >= 0.6 is 0 Å². The van der Waals surface area contributed by atoms with Gasteiger partial charge in [-0.05, 0) is 54.4 Å². The van der Waals surface area contributed by atoms with Gasteiger partial charge in [-0.3, -0.25) is 4.79 Å². The molecule has 0 spiro atoms. The van der Waals surface area contributed by atoms with Gasteiger partial charge in [0.1, 0.15) is 0 Å². The number of carbonyl (C=O) groups excluding carboxylic acids is 1. The van der Waals surface area contributed by atoms with E-state index in [9.17, 15) is 13.2 Å². The first kappa shape index (κ1) is 19.3. The molecular weight excluding hydrogens is 388 g/mol. The molecule has 0 N–H and O–H groups in total. The molecule has 2 heterocycles. The predicted molar refractivity (Wildman–Crippen MR) is 113 cm³/mol. The van der Waals surface area contributed by atoms with Crippen LogP contribution < -0.4 is 9.80 Å². The zero-order chi connectivity index (χ0) is 20.8. The number of benzene rings is 2. The molecule has 0 fully saturated rings. The number of rotatable bonds is 3.